The van der Waals surface area contributed by atoms with Crippen LogP contribution in [0.3, 0.4) is 0 Å². The SMILES string of the molecule is CC(=O)CN1CC(C)C(C)C1. The minimum absolute atomic E-state index is 0.284. The summed E-state index contributed by atoms with van der Waals surface area (Å²) >= 11 is 0. The van der Waals surface area contributed by atoms with Crippen molar-refractivity contribution in [3.63, 3.8) is 0 Å². The van der Waals surface area contributed by atoms with Crippen LogP contribution in [0.1, 0.15) is 20.8 Å². The van der Waals surface area contributed by atoms with Crippen LogP contribution in [0, 0.1) is 11.8 Å². The zero-order chi connectivity index (χ0) is 8.43. The number of rotatable bonds is 2. The summed E-state index contributed by atoms with van der Waals surface area (Å²) < 4.78 is 0. The number of Topliss-reactive ketones (excluding diaryl/α,β-unsaturated/α-hetero) is 1. The molecule has 1 fully saturated rings. The molecule has 1 aliphatic heterocycles. The molecule has 2 unspecified atom stereocenters. The molecule has 0 aromatic carbocycles. The van der Waals surface area contributed by atoms with E-state index in [9.17, 15) is 4.79 Å². The molecule has 0 bridgehead atoms. The molecule has 0 spiro atoms. The van der Waals surface area contributed by atoms with Crippen LogP contribution in [-0.2, 0) is 4.79 Å². The average molecular weight is 155 g/mol. The van der Waals surface area contributed by atoms with Crippen molar-refractivity contribution in [3.8, 4) is 0 Å². The molecule has 0 aliphatic carbocycles. The van der Waals surface area contributed by atoms with Gasteiger partial charge in [0.1, 0.15) is 5.78 Å². The second kappa shape index (κ2) is 3.35. The number of nitrogens with zero attached hydrogens (tertiary/aromatic N) is 1. The minimum Gasteiger partial charge on any atom is -0.299 e. The fourth-order valence-corrected chi connectivity index (χ4v) is 1.69. The summed E-state index contributed by atoms with van der Waals surface area (Å²) in [6.45, 7) is 9.01. The Kier molecular flexibility index (Phi) is 2.66. The van der Waals surface area contributed by atoms with Crippen LogP contribution < -0.4 is 0 Å². The number of hydrogen-bond donors (Lipinski definition) is 0. The smallest absolute Gasteiger partial charge is 0.143 e. The number of ketones is 1. The van der Waals surface area contributed by atoms with Crippen LogP contribution in [-0.4, -0.2) is 30.3 Å². The molecule has 1 saturated heterocycles. The Balaban J connectivity index is 2.35. The average Bonchev–Trinajstić information content (AvgIpc) is 2.10. The normalized spacial score (nSPS) is 32.6. The number of carbonyl (C=O) groups excluding carboxylic acids is 1. The molecule has 0 amide bonds. The zero-order valence-corrected chi connectivity index (χ0v) is 7.63. The van der Waals surface area contributed by atoms with Crippen molar-refractivity contribution in [1.82, 2.24) is 4.90 Å². The summed E-state index contributed by atoms with van der Waals surface area (Å²) in [5.41, 5.74) is 0. The molecule has 1 heterocycles. The Morgan fingerprint density at radius 2 is 1.82 bits per heavy atom. The standard InChI is InChI=1S/C9H17NO/c1-7-4-10(5-8(7)2)6-9(3)11/h7-8H,4-6H2,1-3H3. The molecular formula is C9H17NO. The van der Waals surface area contributed by atoms with Gasteiger partial charge in [-0.2, -0.15) is 0 Å². The van der Waals surface area contributed by atoms with Gasteiger partial charge in [-0.05, 0) is 18.8 Å². The van der Waals surface area contributed by atoms with Crippen LogP contribution in [0.15, 0.2) is 0 Å². The highest BCUT2D eigenvalue weighted by Crippen LogP contribution is 2.21. The maximum Gasteiger partial charge on any atom is 0.143 e. The Hall–Kier alpha value is -0.370. The van der Waals surface area contributed by atoms with Gasteiger partial charge in [-0.1, -0.05) is 13.8 Å². The highest BCUT2D eigenvalue weighted by Gasteiger charge is 2.25. The number of likely N-dealkylation sites (tertiary alicyclic amines) is 1. The third kappa shape index (κ3) is 2.29. The molecule has 1 rings (SSSR count). The van der Waals surface area contributed by atoms with Crippen LogP contribution in [0.2, 0.25) is 0 Å². The molecular weight excluding hydrogens is 138 g/mol. The molecule has 11 heavy (non-hydrogen) atoms. The van der Waals surface area contributed by atoms with Gasteiger partial charge in [-0.15, -0.1) is 0 Å². The van der Waals surface area contributed by atoms with Crippen molar-refractivity contribution < 1.29 is 4.79 Å². The fraction of sp³-hybridized carbons (Fsp3) is 0.889. The topological polar surface area (TPSA) is 20.3 Å². The molecule has 1 aliphatic rings. The zero-order valence-electron chi connectivity index (χ0n) is 7.63. The van der Waals surface area contributed by atoms with Gasteiger partial charge in [0.2, 0.25) is 0 Å². The van der Waals surface area contributed by atoms with Crippen LogP contribution in [0.5, 0.6) is 0 Å². The molecule has 0 aromatic heterocycles. The molecule has 0 saturated carbocycles. The predicted molar refractivity (Wildman–Crippen MR) is 45.4 cm³/mol. The van der Waals surface area contributed by atoms with E-state index in [0.717, 1.165) is 24.9 Å². The first kappa shape index (κ1) is 8.72. The first-order valence-corrected chi connectivity index (χ1v) is 4.31. The number of carbonyl (C=O) groups is 1. The van der Waals surface area contributed by atoms with Gasteiger partial charge in [0.05, 0.1) is 6.54 Å². The van der Waals surface area contributed by atoms with Gasteiger partial charge in [-0.3, -0.25) is 9.69 Å². The molecule has 0 radical (unpaired) electrons. The highest BCUT2D eigenvalue weighted by atomic mass is 16.1. The second-order valence-corrected chi connectivity index (χ2v) is 3.85. The van der Waals surface area contributed by atoms with Crippen molar-refractivity contribution in [1.29, 1.82) is 0 Å². The molecule has 0 N–H and O–H groups in total. The summed E-state index contributed by atoms with van der Waals surface area (Å²) in [6, 6.07) is 0. The Labute approximate surface area is 68.6 Å². The maximum atomic E-state index is 10.8. The minimum atomic E-state index is 0.284. The van der Waals surface area contributed by atoms with E-state index in [1.165, 1.54) is 0 Å². The Bertz CT molecular complexity index is 146. The lowest BCUT2D eigenvalue weighted by atomic mass is 10.0. The van der Waals surface area contributed by atoms with E-state index in [1.807, 2.05) is 0 Å². The molecule has 64 valence electrons. The van der Waals surface area contributed by atoms with Gasteiger partial charge in [0.15, 0.2) is 0 Å². The summed E-state index contributed by atoms with van der Waals surface area (Å²) in [5, 5.41) is 0. The van der Waals surface area contributed by atoms with E-state index in [2.05, 4.69) is 18.7 Å². The lowest BCUT2D eigenvalue weighted by Crippen LogP contribution is -2.26. The van der Waals surface area contributed by atoms with E-state index >= 15 is 0 Å². The summed E-state index contributed by atoms with van der Waals surface area (Å²) in [5.74, 6) is 1.80. The van der Waals surface area contributed by atoms with Gasteiger partial charge in [0, 0.05) is 13.1 Å². The summed E-state index contributed by atoms with van der Waals surface area (Å²) in [6.07, 6.45) is 0. The van der Waals surface area contributed by atoms with Crippen molar-refractivity contribution in [2.75, 3.05) is 19.6 Å². The Morgan fingerprint density at radius 3 is 2.18 bits per heavy atom. The maximum absolute atomic E-state index is 10.8. The van der Waals surface area contributed by atoms with Crippen molar-refractivity contribution in [2.24, 2.45) is 11.8 Å². The first-order valence-electron chi connectivity index (χ1n) is 4.31. The van der Waals surface area contributed by atoms with Crippen molar-refractivity contribution >= 4 is 5.78 Å². The monoisotopic (exact) mass is 155 g/mol. The van der Waals surface area contributed by atoms with Gasteiger partial charge in [0.25, 0.3) is 0 Å². The van der Waals surface area contributed by atoms with Gasteiger partial charge >= 0.3 is 0 Å². The largest absolute Gasteiger partial charge is 0.299 e. The fourth-order valence-electron chi connectivity index (χ4n) is 1.69. The Morgan fingerprint density at radius 1 is 1.36 bits per heavy atom. The molecule has 2 atom stereocenters. The van der Waals surface area contributed by atoms with E-state index in [-0.39, 0.29) is 5.78 Å². The van der Waals surface area contributed by atoms with Crippen LogP contribution in [0.25, 0.3) is 0 Å². The van der Waals surface area contributed by atoms with Gasteiger partial charge < -0.3 is 0 Å². The van der Waals surface area contributed by atoms with Crippen molar-refractivity contribution in [2.45, 2.75) is 20.8 Å². The third-order valence-corrected chi connectivity index (χ3v) is 2.51. The van der Waals surface area contributed by atoms with Gasteiger partial charge in [-0.25, -0.2) is 0 Å². The quantitative estimate of drug-likeness (QED) is 0.596. The lowest BCUT2D eigenvalue weighted by Gasteiger charge is -2.11. The number of hydrogen-bond acceptors (Lipinski definition) is 2. The van der Waals surface area contributed by atoms with E-state index in [0.29, 0.717) is 6.54 Å². The summed E-state index contributed by atoms with van der Waals surface area (Å²) in [4.78, 5) is 13.0. The first-order chi connectivity index (χ1) is 5.09. The molecule has 0 aromatic rings. The van der Waals surface area contributed by atoms with Crippen LogP contribution in [0.4, 0.5) is 0 Å². The highest BCUT2D eigenvalue weighted by molar-refractivity contribution is 5.77. The van der Waals surface area contributed by atoms with E-state index in [1.54, 1.807) is 6.92 Å². The van der Waals surface area contributed by atoms with Crippen LogP contribution >= 0.6 is 0 Å². The predicted octanol–water partition coefficient (Wildman–Crippen LogP) is 1.16. The van der Waals surface area contributed by atoms with Crippen molar-refractivity contribution in [3.05, 3.63) is 0 Å². The van der Waals surface area contributed by atoms with E-state index in [4.69, 9.17) is 0 Å². The molecule has 2 heteroatoms. The lowest BCUT2D eigenvalue weighted by molar-refractivity contribution is -0.117. The van der Waals surface area contributed by atoms with E-state index < -0.39 is 0 Å². The summed E-state index contributed by atoms with van der Waals surface area (Å²) in [7, 11) is 0. The third-order valence-electron chi connectivity index (χ3n) is 2.51. The second-order valence-electron chi connectivity index (χ2n) is 3.85. The molecule has 2 nitrogen and oxygen atoms in total.